The molecule has 2 heterocycles. The normalized spacial score (nSPS) is 22.3. The highest BCUT2D eigenvalue weighted by atomic mass is 35.5. The Morgan fingerprint density at radius 2 is 2.11 bits per heavy atom. The first kappa shape index (κ1) is 14.1. The molecular weight excluding hydrogens is 269 g/mol. The molecule has 0 saturated carbocycles. The molecule has 3 nitrogen and oxygen atoms in total. The minimum absolute atomic E-state index is 0.509. The van der Waals surface area contributed by atoms with Gasteiger partial charge >= 0.3 is 0 Å². The molecule has 5 heteroatoms. The summed E-state index contributed by atoms with van der Waals surface area (Å²) in [5, 5.41) is 1.21. The van der Waals surface area contributed by atoms with E-state index in [9.17, 15) is 0 Å². The summed E-state index contributed by atoms with van der Waals surface area (Å²) in [5.41, 5.74) is 0.876. The zero-order valence-electron chi connectivity index (χ0n) is 10.9. The first-order valence-electron chi connectivity index (χ1n) is 6.37. The Labute approximate surface area is 119 Å². The lowest BCUT2D eigenvalue weighted by molar-refractivity contribution is 0.0827. The quantitative estimate of drug-likeness (QED) is 0.797. The number of likely N-dealkylation sites (N-methyl/N-ethyl adjacent to an activating group) is 1. The van der Waals surface area contributed by atoms with Crippen LogP contribution in [-0.4, -0.2) is 47.0 Å². The van der Waals surface area contributed by atoms with Crippen LogP contribution >= 0.6 is 23.2 Å². The van der Waals surface area contributed by atoms with Crippen LogP contribution in [0.2, 0.25) is 10.2 Å². The van der Waals surface area contributed by atoms with Crippen molar-refractivity contribution in [2.75, 3.05) is 26.2 Å². The minimum atomic E-state index is 0.509. The number of hydrogen-bond acceptors (Lipinski definition) is 3. The number of aromatic nitrogens is 1. The highest BCUT2D eigenvalue weighted by Crippen LogP contribution is 2.20. The summed E-state index contributed by atoms with van der Waals surface area (Å²) in [4.78, 5) is 9.19. The number of nitrogens with zero attached hydrogens (tertiary/aromatic N) is 3. The minimum Gasteiger partial charge on any atom is -0.298 e. The topological polar surface area (TPSA) is 19.4 Å². The van der Waals surface area contributed by atoms with Gasteiger partial charge in [0.05, 0.1) is 10.7 Å². The van der Waals surface area contributed by atoms with Crippen LogP contribution < -0.4 is 0 Å². The van der Waals surface area contributed by atoms with E-state index in [1.54, 1.807) is 6.07 Å². The van der Waals surface area contributed by atoms with Gasteiger partial charge in [0.1, 0.15) is 5.15 Å². The van der Waals surface area contributed by atoms with E-state index in [2.05, 4.69) is 28.6 Å². The van der Waals surface area contributed by atoms with Crippen molar-refractivity contribution < 1.29 is 0 Å². The Bertz CT molecular complexity index is 411. The van der Waals surface area contributed by atoms with E-state index in [1.807, 2.05) is 6.07 Å². The third kappa shape index (κ3) is 3.35. The average molecular weight is 288 g/mol. The lowest BCUT2D eigenvalue weighted by Gasteiger charge is -2.39. The molecule has 1 fully saturated rings. The second-order valence-corrected chi connectivity index (χ2v) is 5.57. The molecular formula is C13H19Cl2N3. The maximum Gasteiger partial charge on any atom is 0.129 e. The van der Waals surface area contributed by atoms with Crippen LogP contribution in [0.1, 0.15) is 19.5 Å². The van der Waals surface area contributed by atoms with Crippen LogP contribution in [0, 0.1) is 0 Å². The van der Waals surface area contributed by atoms with Gasteiger partial charge < -0.3 is 0 Å². The largest absolute Gasteiger partial charge is 0.298 e. The third-order valence-electron chi connectivity index (χ3n) is 3.51. The summed E-state index contributed by atoms with van der Waals surface area (Å²) in [6, 6.07) is 4.13. The van der Waals surface area contributed by atoms with Crippen molar-refractivity contribution in [2.45, 2.75) is 26.4 Å². The summed E-state index contributed by atoms with van der Waals surface area (Å²) >= 11 is 12.1. The lowest BCUT2D eigenvalue weighted by atomic mass is 10.2. The molecule has 0 aliphatic carbocycles. The first-order valence-corrected chi connectivity index (χ1v) is 7.13. The Morgan fingerprint density at radius 1 is 1.33 bits per heavy atom. The zero-order chi connectivity index (χ0) is 13.1. The van der Waals surface area contributed by atoms with Crippen molar-refractivity contribution in [2.24, 2.45) is 0 Å². The second-order valence-electron chi connectivity index (χ2n) is 4.78. The van der Waals surface area contributed by atoms with Gasteiger partial charge in [0.25, 0.3) is 0 Å². The van der Waals surface area contributed by atoms with Crippen LogP contribution in [0.3, 0.4) is 0 Å². The number of piperazine rings is 1. The molecule has 100 valence electrons. The van der Waals surface area contributed by atoms with Gasteiger partial charge in [-0.05, 0) is 25.6 Å². The molecule has 0 radical (unpaired) electrons. The Hall–Kier alpha value is -0.350. The maximum atomic E-state index is 6.15. The smallest absolute Gasteiger partial charge is 0.129 e. The molecule has 1 unspecified atom stereocenters. The van der Waals surface area contributed by atoms with Crippen LogP contribution in [0.4, 0.5) is 0 Å². The second kappa shape index (κ2) is 6.20. The van der Waals surface area contributed by atoms with Gasteiger partial charge in [-0.15, -0.1) is 0 Å². The van der Waals surface area contributed by atoms with Crippen molar-refractivity contribution in [3.8, 4) is 0 Å². The van der Waals surface area contributed by atoms with Gasteiger partial charge in [-0.3, -0.25) is 9.80 Å². The highest BCUT2D eigenvalue weighted by Gasteiger charge is 2.23. The molecule has 0 spiro atoms. The van der Waals surface area contributed by atoms with Crippen molar-refractivity contribution >= 4 is 23.2 Å². The molecule has 0 aromatic carbocycles. The van der Waals surface area contributed by atoms with E-state index in [1.165, 1.54) is 0 Å². The number of halogens is 2. The monoisotopic (exact) mass is 287 g/mol. The molecule has 18 heavy (non-hydrogen) atoms. The van der Waals surface area contributed by atoms with E-state index in [0.29, 0.717) is 16.2 Å². The lowest BCUT2D eigenvalue weighted by Crippen LogP contribution is -2.51. The fourth-order valence-corrected chi connectivity index (χ4v) is 2.79. The standard InChI is InChI=1S/C13H19Cl2N3/c1-3-18-7-6-17(8-10(18)2)9-12-11(14)4-5-13(15)16-12/h4-5,10H,3,6-9H2,1-2H3. The highest BCUT2D eigenvalue weighted by molar-refractivity contribution is 6.32. The molecule has 1 aliphatic rings. The Morgan fingerprint density at radius 3 is 2.78 bits per heavy atom. The molecule has 0 N–H and O–H groups in total. The zero-order valence-corrected chi connectivity index (χ0v) is 12.4. The SMILES string of the molecule is CCN1CCN(Cc2nc(Cl)ccc2Cl)CC1C. The van der Waals surface area contributed by atoms with Crippen molar-refractivity contribution in [1.29, 1.82) is 0 Å². The number of pyridine rings is 1. The average Bonchev–Trinajstić information content (AvgIpc) is 2.34. The van der Waals surface area contributed by atoms with E-state index in [0.717, 1.165) is 38.4 Å². The molecule has 2 rings (SSSR count). The predicted octanol–water partition coefficient (Wildman–Crippen LogP) is 2.91. The van der Waals surface area contributed by atoms with E-state index in [-0.39, 0.29) is 0 Å². The van der Waals surface area contributed by atoms with E-state index in [4.69, 9.17) is 23.2 Å². The number of rotatable bonds is 3. The molecule has 1 aromatic heterocycles. The molecule has 1 aromatic rings. The van der Waals surface area contributed by atoms with Gasteiger partial charge in [-0.2, -0.15) is 0 Å². The maximum absolute atomic E-state index is 6.15. The van der Waals surface area contributed by atoms with Crippen molar-refractivity contribution in [1.82, 2.24) is 14.8 Å². The predicted molar refractivity (Wildman–Crippen MR) is 76.2 cm³/mol. The Balaban J connectivity index is 2.00. The molecule has 0 amide bonds. The van der Waals surface area contributed by atoms with Crippen LogP contribution in [-0.2, 0) is 6.54 Å². The van der Waals surface area contributed by atoms with E-state index < -0.39 is 0 Å². The fraction of sp³-hybridized carbons (Fsp3) is 0.615. The van der Waals surface area contributed by atoms with Gasteiger partial charge in [0.15, 0.2) is 0 Å². The molecule has 1 saturated heterocycles. The van der Waals surface area contributed by atoms with Gasteiger partial charge in [-0.1, -0.05) is 30.1 Å². The summed E-state index contributed by atoms with van der Waals surface area (Å²) in [7, 11) is 0. The third-order valence-corrected chi connectivity index (χ3v) is 4.07. The van der Waals surface area contributed by atoms with Crippen LogP contribution in [0.5, 0.6) is 0 Å². The summed E-state index contributed by atoms with van der Waals surface area (Å²) in [5.74, 6) is 0. The first-order chi connectivity index (χ1) is 8.60. The van der Waals surface area contributed by atoms with E-state index >= 15 is 0 Å². The summed E-state index contributed by atoms with van der Waals surface area (Å²) in [6.45, 7) is 9.59. The summed E-state index contributed by atoms with van der Waals surface area (Å²) in [6.07, 6.45) is 0. The van der Waals surface area contributed by atoms with Crippen molar-refractivity contribution in [3.05, 3.63) is 28.0 Å². The molecule has 1 atom stereocenters. The van der Waals surface area contributed by atoms with Gasteiger partial charge in [0.2, 0.25) is 0 Å². The number of hydrogen-bond donors (Lipinski definition) is 0. The van der Waals surface area contributed by atoms with Gasteiger partial charge in [-0.25, -0.2) is 4.98 Å². The van der Waals surface area contributed by atoms with Gasteiger partial charge in [0, 0.05) is 32.2 Å². The Kier molecular flexibility index (Phi) is 4.84. The molecule has 1 aliphatic heterocycles. The molecule has 0 bridgehead atoms. The van der Waals surface area contributed by atoms with Crippen LogP contribution in [0.15, 0.2) is 12.1 Å². The van der Waals surface area contributed by atoms with Crippen LogP contribution in [0.25, 0.3) is 0 Å². The fourth-order valence-electron chi connectivity index (χ4n) is 2.46. The van der Waals surface area contributed by atoms with Crippen molar-refractivity contribution in [3.63, 3.8) is 0 Å². The summed E-state index contributed by atoms with van der Waals surface area (Å²) < 4.78 is 0.